The first-order valence-electron chi connectivity index (χ1n) is 6.99. The molecule has 1 atom stereocenters. The van der Waals surface area contributed by atoms with Gasteiger partial charge in [-0.25, -0.2) is 4.79 Å². The number of nitrogens with one attached hydrogen (secondary N) is 1. The van der Waals surface area contributed by atoms with Crippen molar-refractivity contribution in [2.75, 3.05) is 5.32 Å². The van der Waals surface area contributed by atoms with Crippen LogP contribution in [0.1, 0.15) is 45.4 Å². The molecule has 0 radical (unpaired) electrons. The van der Waals surface area contributed by atoms with Crippen molar-refractivity contribution < 1.29 is 9.90 Å². The minimum absolute atomic E-state index is 0.551. The van der Waals surface area contributed by atoms with Crippen molar-refractivity contribution >= 4 is 39.2 Å². The van der Waals surface area contributed by atoms with E-state index in [0.717, 1.165) is 23.0 Å². The maximum Gasteiger partial charge on any atom is 0.326 e. The van der Waals surface area contributed by atoms with E-state index in [1.54, 1.807) is 18.2 Å². The van der Waals surface area contributed by atoms with Gasteiger partial charge in [-0.05, 0) is 40.5 Å². The van der Waals surface area contributed by atoms with Crippen molar-refractivity contribution in [3.63, 3.8) is 0 Å². The van der Waals surface area contributed by atoms with Crippen molar-refractivity contribution in [2.24, 2.45) is 0 Å². The molecule has 0 bridgehead atoms. The van der Waals surface area contributed by atoms with Crippen molar-refractivity contribution in [3.05, 3.63) is 27.7 Å². The normalized spacial score (nSPS) is 12.2. The quantitative estimate of drug-likeness (QED) is 0.584. The Morgan fingerprint density at radius 1 is 1.35 bits per heavy atom. The molecule has 0 amide bonds. The third-order valence-corrected chi connectivity index (χ3v) is 4.37. The predicted octanol–water partition coefficient (Wildman–Crippen LogP) is 5.33. The molecule has 0 aliphatic carbocycles. The Kier molecular flexibility index (Phi) is 8.00. The van der Waals surface area contributed by atoms with Crippen LogP contribution in [0.5, 0.6) is 0 Å². The molecule has 1 aromatic rings. The first-order valence-corrected chi connectivity index (χ1v) is 8.16. The van der Waals surface area contributed by atoms with E-state index in [4.69, 9.17) is 11.6 Å². The van der Waals surface area contributed by atoms with E-state index < -0.39 is 12.0 Å². The van der Waals surface area contributed by atoms with Gasteiger partial charge in [0.05, 0.1) is 5.02 Å². The number of unbranched alkanes of at least 4 members (excludes halogenated alkanes) is 4. The van der Waals surface area contributed by atoms with Crippen molar-refractivity contribution in [2.45, 2.75) is 51.5 Å². The zero-order valence-corrected chi connectivity index (χ0v) is 14.0. The monoisotopic (exact) mass is 361 g/mol. The molecule has 1 aromatic carbocycles. The minimum atomic E-state index is -0.813. The summed E-state index contributed by atoms with van der Waals surface area (Å²) < 4.78 is 0.760. The van der Waals surface area contributed by atoms with Crippen molar-refractivity contribution in [1.29, 1.82) is 0 Å². The van der Waals surface area contributed by atoms with Gasteiger partial charge in [-0.1, -0.05) is 50.6 Å². The van der Waals surface area contributed by atoms with Crippen LogP contribution in [-0.2, 0) is 4.79 Å². The van der Waals surface area contributed by atoms with Gasteiger partial charge in [-0.3, -0.25) is 0 Å². The SMILES string of the molecule is CCCCCCCC(Nc1ccc(Cl)c(Br)c1)C(=O)O. The third kappa shape index (κ3) is 6.14. The van der Waals surface area contributed by atoms with Crippen LogP contribution in [0.2, 0.25) is 5.02 Å². The fourth-order valence-corrected chi connectivity index (χ4v) is 2.49. The van der Waals surface area contributed by atoms with E-state index in [0.29, 0.717) is 11.4 Å². The lowest BCUT2D eigenvalue weighted by molar-refractivity contribution is -0.138. The van der Waals surface area contributed by atoms with Gasteiger partial charge in [0.1, 0.15) is 6.04 Å². The fraction of sp³-hybridized carbons (Fsp3) is 0.533. The molecule has 0 spiro atoms. The molecular weight excluding hydrogens is 342 g/mol. The summed E-state index contributed by atoms with van der Waals surface area (Å²) in [5.41, 5.74) is 0.766. The molecule has 0 fully saturated rings. The molecular formula is C15H21BrClNO2. The number of benzene rings is 1. The Morgan fingerprint density at radius 2 is 2.05 bits per heavy atom. The second-order valence-electron chi connectivity index (χ2n) is 4.87. The zero-order chi connectivity index (χ0) is 15.0. The molecule has 1 unspecified atom stereocenters. The van der Waals surface area contributed by atoms with Crippen LogP contribution in [-0.4, -0.2) is 17.1 Å². The standard InChI is InChI=1S/C15H21BrClNO2/c1-2-3-4-5-6-7-14(15(19)20)18-11-8-9-13(17)12(16)10-11/h8-10,14,18H,2-7H2,1H3,(H,19,20). The number of hydrogen-bond acceptors (Lipinski definition) is 2. The lowest BCUT2D eigenvalue weighted by Gasteiger charge is -2.16. The Bertz CT molecular complexity index is 440. The van der Waals surface area contributed by atoms with Crippen molar-refractivity contribution in [1.82, 2.24) is 0 Å². The van der Waals surface area contributed by atoms with Crippen LogP contribution in [0, 0.1) is 0 Å². The summed E-state index contributed by atoms with van der Waals surface area (Å²) in [5.74, 6) is -0.813. The van der Waals surface area contributed by atoms with Gasteiger partial charge < -0.3 is 10.4 Å². The maximum absolute atomic E-state index is 11.3. The third-order valence-electron chi connectivity index (χ3n) is 3.15. The Labute approximate surface area is 133 Å². The van der Waals surface area contributed by atoms with Gasteiger partial charge in [0.15, 0.2) is 0 Å². The smallest absolute Gasteiger partial charge is 0.326 e. The van der Waals surface area contributed by atoms with Gasteiger partial charge >= 0.3 is 5.97 Å². The highest BCUT2D eigenvalue weighted by atomic mass is 79.9. The first-order chi connectivity index (χ1) is 9.54. The van der Waals surface area contributed by atoms with E-state index in [9.17, 15) is 9.90 Å². The minimum Gasteiger partial charge on any atom is -0.480 e. The van der Waals surface area contributed by atoms with E-state index in [-0.39, 0.29) is 0 Å². The average molecular weight is 363 g/mol. The van der Waals surface area contributed by atoms with E-state index in [1.165, 1.54) is 19.3 Å². The average Bonchev–Trinajstić information content (AvgIpc) is 2.41. The number of aliphatic carboxylic acids is 1. The highest BCUT2D eigenvalue weighted by molar-refractivity contribution is 9.10. The lowest BCUT2D eigenvalue weighted by Crippen LogP contribution is -2.29. The van der Waals surface area contributed by atoms with E-state index >= 15 is 0 Å². The van der Waals surface area contributed by atoms with Crippen LogP contribution < -0.4 is 5.32 Å². The second kappa shape index (κ2) is 9.24. The molecule has 112 valence electrons. The van der Waals surface area contributed by atoms with Gasteiger partial charge in [0.2, 0.25) is 0 Å². The largest absolute Gasteiger partial charge is 0.480 e. The van der Waals surface area contributed by atoms with Crippen molar-refractivity contribution in [3.8, 4) is 0 Å². The number of hydrogen-bond donors (Lipinski definition) is 2. The topological polar surface area (TPSA) is 49.3 Å². The maximum atomic E-state index is 11.3. The summed E-state index contributed by atoms with van der Waals surface area (Å²) in [6.45, 7) is 2.17. The van der Waals surface area contributed by atoms with Crippen LogP contribution in [0.25, 0.3) is 0 Å². The number of carboxylic acid groups (broad SMARTS) is 1. The summed E-state index contributed by atoms with van der Waals surface area (Å²) in [4.78, 5) is 11.3. The Morgan fingerprint density at radius 3 is 2.65 bits per heavy atom. The fourth-order valence-electron chi connectivity index (χ4n) is 2.00. The highest BCUT2D eigenvalue weighted by Crippen LogP contribution is 2.26. The number of anilines is 1. The number of carboxylic acids is 1. The van der Waals surface area contributed by atoms with Crippen LogP contribution in [0.4, 0.5) is 5.69 Å². The molecule has 0 aliphatic heterocycles. The Balaban J connectivity index is 2.49. The lowest BCUT2D eigenvalue weighted by atomic mass is 10.1. The molecule has 0 heterocycles. The molecule has 3 nitrogen and oxygen atoms in total. The summed E-state index contributed by atoms with van der Waals surface area (Å²) in [5, 5.41) is 12.9. The predicted molar refractivity (Wildman–Crippen MR) is 87.6 cm³/mol. The van der Waals surface area contributed by atoms with Crippen LogP contribution in [0.15, 0.2) is 22.7 Å². The Hall–Kier alpha value is -0.740. The summed E-state index contributed by atoms with van der Waals surface area (Å²) in [6.07, 6.45) is 6.24. The molecule has 0 aliphatic rings. The van der Waals surface area contributed by atoms with Gasteiger partial charge in [-0.2, -0.15) is 0 Å². The number of carbonyl (C=O) groups is 1. The van der Waals surface area contributed by atoms with Gasteiger partial charge in [0, 0.05) is 10.2 Å². The molecule has 0 saturated heterocycles. The number of rotatable bonds is 9. The molecule has 2 N–H and O–H groups in total. The van der Waals surface area contributed by atoms with Crippen LogP contribution in [0.3, 0.4) is 0 Å². The number of halogens is 2. The molecule has 0 saturated carbocycles. The van der Waals surface area contributed by atoms with Crippen LogP contribution >= 0.6 is 27.5 Å². The second-order valence-corrected chi connectivity index (χ2v) is 6.13. The summed E-state index contributed by atoms with van der Waals surface area (Å²) in [6, 6.07) is 4.79. The first kappa shape index (κ1) is 17.3. The summed E-state index contributed by atoms with van der Waals surface area (Å²) in [7, 11) is 0. The van der Waals surface area contributed by atoms with Gasteiger partial charge in [-0.15, -0.1) is 0 Å². The molecule has 20 heavy (non-hydrogen) atoms. The van der Waals surface area contributed by atoms with E-state index in [1.807, 2.05) is 0 Å². The van der Waals surface area contributed by atoms with E-state index in [2.05, 4.69) is 28.2 Å². The molecule has 5 heteroatoms. The summed E-state index contributed by atoms with van der Waals surface area (Å²) >= 11 is 9.26. The van der Waals surface area contributed by atoms with Gasteiger partial charge in [0.25, 0.3) is 0 Å². The highest BCUT2D eigenvalue weighted by Gasteiger charge is 2.16. The molecule has 0 aromatic heterocycles. The zero-order valence-electron chi connectivity index (χ0n) is 11.7. The molecule has 1 rings (SSSR count).